The van der Waals surface area contributed by atoms with Crippen LogP contribution in [0.5, 0.6) is 0 Å². The van der Waals surface area contributed by atoms with Crippen molar-refractivity contribution in [1.82, 2.24) is 0 Å². The Morgan fingerprint density at radius 2 is 0.341 bits per heavy atom. The van der Waals surface area contributed by atoms with Crippen LogP contribution in [0.25, 0.3) is 0 Å². The van der Waals surface area contributed by atoms with Gasteiger partial charge in [-0.25, -0.2) is 0 Å². The average Bonchev–Trinajstić information content (AvgIpc) is 2.98. The van der Waals surface area contributed by atoms with Gasteiger partial charge in [-0.1, -0.05) is 107 Å². The summed E-state index contributed by atoms with van der Waals surface area (Å²) in [7, 11) is 0. The van der Waals surface area contributed by atoms with Crippen molar-refractivity contribution >= 4 is 0 Å². The molecule has 0 aliphatic heterocycles. The van der Waals surface area contributed by atoms with Gasteiger partial charge in [-0.2, -0.15) is 0 Å². The van der Waals surface area contributed by atoms with Gasteiger partial charge in [0.15, 0.2) is 0 Å². The van der Waals surface area contributed by atoms with E-state index < -0.39 is 0 Å². The van der Waals surface area contributed by atoms with E-state index in [1.54, 1.807) is 0 Å². The number of quaternary nitrogens is 2. The highest BCUT2D eigenvalue weighted by Crippen LogP contribution is 2.20. The molecule has 0 rings (SSSR count). The first-order valence-electron chi connectivity index (χ1n) is 20.2. The van der Waals surface area contributed by atoms with Gasteiger partial charge in [-0.05, 0) is 103 Å². The first-order chi connectivity index (χ1) is 20.5. The first kappa shape index (κ1) is 51.8. The Bertz CT molecular complexity index is 367. The number of unbranched alkanes of at least 4 members (excludes halogenated alkanes) is 16. The topological polar surface area (TPSA) is 0 Å². The van der Waals surface area contributed by atoms with Crippen LogP contribution in [0.15, 0.2) is 0 Å². The molecule has 0 aliphatic carbocycles. The summed E-state index contributed by atoms with van der Waals surface area (Å²) < 4.78 is 2.89. The highest BCUT2D eigenvalue weighted by molar-refractivity contribution is 4.53. The molecule has 0 saturated carbocycles. The number of hydrogen-bond acceptors (Lipinski definition) is 0. The summed E-state index contributed by atoms with van der Waals surface area (Å²) in [5, 5.41) is 0. The van der Waals surface area contributed by atoms with Crippen LogP contribution < -0.4 is 36.4 Å². The molecule has 0 aromatic rings. The minimum Gasteiger partial charge on any atom is -1.00 e. The second-order valence-corrected chi connectivity index (χ2v) is 14.1. The Balaban J connectivity index is -0.000000348. The Morgan fingerprint density at radius 1 is 0.227 bits per heavy atom. The smallest absolute Gasteiger partial charge is 0.0786 e. The Labute approximate surface area is 305 Å². The monoisotopic (exact) mass is 759 g/mol. The number of rotatable bonds is 32. The maximum absolute atomic E-state index is 2.33. The molecule has 0 bridgehead atoms. The van der Waals surface area contributed by atoms with Gasteiger partial charge >= 0.3 is 0 Å². The summed E-state index contributed by atoms with van der Waals surface area (Å²) in [5.41, 5.74) is 0. The Morgan fingerprint density at radius 3 is 0.432 bits per heavy atom. The summed E-state index contributed by atoms with van der Waals surface area (Å²) in [4.78, 5) is 0. The summed E-state index contributed by atoms with van der Waals surface area (Å²) in [6.07, 6.45) is 33.8. The van der Waals surface area contributed by atoms with Crippen LogP contribution in [0, 0.1) is 0 Å². The molecule has 0 fully saturated rings. The van der Waals surface area contributed by atoms with E-state index in [4.69, 9.17) is 0 Å². The maximum Gasteiger partial charge on any atom is 0.0786 e. The molecule has 0 aliphatic rings. The van der Waals surface area contributed by atoms with E-state index in [-0.39, 0.29) is 36.4 Å². The zero-order chi connectivity index (χ0) is 31.6. The molecule has 0 N–H and O–H groups in total. The average molecular weight is 760 g/mol. The van der Waals surface area contributed by atoms with Crippen LogP contribution in [0.3, 0.4) is 0 Å². The van der Waals surface area contributed by atoms with Crippen molar-refractivity contribution in [2.24, 2.45) is 0 Å². The van der Waals surface area contributed by atoms with E-state index in [2.05, 4.69) is 55.4 Å². The van der Waals surface area contributed by atoms with E-state index in [0.29, 0.717) is 0 Å². The van der Waals surface area contributed by atoms with Crippen LogP contribution in [0.4, 0.5) is 0 Å². The molecule has 0 saturated heterocycles. The Kier molecular flexibility index (Phi) is 47.2. The molecule has 0 aromatic carbocycles. The molecular weight excluding hydrogens is 671 g/mol. The molecule has 2 nitrogen and oxygen atoms in total. The lowest BCUT2D eigenvalue weighted by Crippen LogP contribution is -3.00. The fourth-order valence-electron chi connectivity index (χ4n) is 6.92. The SMILES string of the molecule is CCCCC[N+](CCCCC)(CCCCC)CCCCC.CCCCC[N+](CCCCC)(CCCCC)CCCCC.[Cl-].[I-]. The predicted molar refractivity (Wildman–Crippen MR) is 196 cm³/mol. The van der Waals surface area contributed by atoms with Crippen molar-refractivity contribution in [3.63, 3.8) is 0 Å². The van der Waals surface area contributed by atoms with Gasteiger partial charge in [0.05, 0.1) is 52.4 Å². The molecule has 0 atom stereocenters. The third-order valence-corrected chi connectivity index (χ3v) is 9.89. The fourth-order valence-corrected chi connectivity index (χ4v) is 6.92. The second-order valence-electron chi connectivity index (χ2n) is 14.1. The van der Waals surface area contributed by atoms with Crippen molar-refractivity contribution in [3.05, 3.63) is 0 Å². The van der Waals surface area contributed by atoms with Gasteiger partial charge in [0.2, 0.25) is 0 Å². The molecule has 0 radical (unpaired) electrons. The fraction of sp³-hybridized carbons (Fsp3) is 1.00. The summed E-state index contributed by atoms with van der Waals surface area (Å²) in [6, 6.07) is 0. The van der Waals surface area contributed by atoms with Crippen LogP contribution in [-0.2, 0) is 0 Å². The maximum atomic E-state index is 2.33. The standard InChI is InChI=1S/2C20H44N.ClH.HI/c2*1-5-9-13-17-21(18-14-10-6-2,19-15-11-7-3)20-16-12-8-4;;/h2*5-20H2,1-4H3;2*1H/q2*+1;;/p-2. The third kappa shape index (κ3) is 31.5. The number of nitrogens with zero attached hydrogens (tertiary/aromatic N) is 2. The molecule has 0 spiro atoms. The summed E-state index contributed by atoms with van der Waals surface area (Å²) in [5.74, 6) is 0. The lowest BCUT2D eigenvalue weighted by Gasteiger charge is -2.39. The van der Waals surface area contributed by atoms with E-state index in [0.717, 1.165) is 0 Å². The van der Waals surface area contributed by atoms with Crippen LogP contribution in [0.2, 0.25) is 0 Å². The lowest BCUT2D eigenvalue weighted by atomic mass is 10.1. The highest BCUT2D eigenvalue weighted by atomic mass is 127. The summed E-state index contributed by atoms with van der Waals surface area (Å²) in [6.45, 7) is 30.3. The van der Waals surface area contributed by atoms with Gasteiger partial charge < -0.3 is 45.3 Å². The van der Waals surface area contributed by atoms with E-state index >= 15 is 0 Å². The van der Waals surface area contributed by atoms with Gasteiger partial charge in [-0.15, -0.1) is 0 Å². The van der Waals surface area contributed by atoms with Crippen LogP contribution in [0.1, 0.15) is 209 Å². The molecule has 0 heterocycles. The minimum absolute atomic E-state index is 0. The van der Waals surface area contributed by atoms with Crippen molar-refractivity contribution in [2.75, 3.05) is 52.4 Å². The molecule has 0 aromatic heterocycles. The summed E-state index contributed by atoms with van der Waals surface area (Å²) >= 11 is 0. The normalized spacial score (nSPS) is 11.5. The third-order valence-electron chi connectivity index (χ3n) is 9.89. The van der Waals surface area contributed by atoms with Crippen molar-refractivity contribution in [1.29, 1.82) is 0 Å². The van der Waals surface area contributed by atoms with Gasteiger partial charge in [0.1, 0.15) is 0 Å². The van der Waals surface area contributed by atoms with Gasteiger partial charge in [0, 0.05) is 0 Å². The van der Waals surface area contributed by atoms with E-state index in [9.17, 15) is 0 Å². The molecule has 4 heteroatoms. The van der Waals surface area contributed by atoms with E-state index in [1.165, 1.54) is 215 Å². The predicted octanol–water partition coefficient (Wildman–Crippen LogP) is 7.14. The minimum atomic E-state index is 0. The Hall–Kier alpha value is 0.940. The van der Waals surface area contributed by atoms with Crippen molar-refractivity contribution < 1.29 is 45.3 Å². The molecule has 0 unspecified atom stereocenters. The lowest BCUT2D eigenvalue weighted by molar-refractivity contribution is -0.929. The zero-order valence-electron chi connectivity index (χ0n) is 32.3. The van der Waals surface area contributed by atoms with Gasteiger partial charge in [0.25, 0.3) is 0 Å². The zero-order valence-corrected chi connectivity index (χ0v) is 35.2. The first-order valence-corrected chi connectivity index (χ1v) is 20.2. The van der Waals surface area contributed by atoms with Crippen LogP contribution in [-0.4, -0.2) is 61.3 Å². The molecule has 272 valence electrons. The molecule has 0 amide bonds. The van der Waals surface area contributed by atoms with Gasteiger partial charge in [-0.3, -0.25) is 0 Å². The van der Waals surface area contributed by atoms with Crippen LogP contribution >= 0.6 is 0 Å². The van der Waals surface area contributed by atoms with Crippen molar-refractivity contribution in [3.8, 4) is 0 Å². The highest BCUT2D eigenvalue weighted by Gasteiger charge is 2.26. The van der Waals surface area contributed by atoms with E-state index in [1.807, 2.05) is 0 Å². The second kappa shape index (κ2) is 40.1. The molecule has 44 heavy (non-hydrogen) atoms. The quantitative estimate of drug-likeness (QED) is 0.0389. The van der Waals surface area contributed by atoms with Crippen molar-refractivity contribution in [2.45, 2.75) is 209 Å². The number of hydrogen-bond donors (Lipinski definition) is 0. The largest absolute Gasteiger partial charge is 1.00 e. The molecular formula is C40H88ClIN2. The number of halogens is 2.